The van der Waals surface area contributed by atoms with Gasteiger partial charge in [0, 0.05) is 12.0 Å². The zero-order chi connectivity index (χ0) is 12.1. The van der Waals surface area contributed by atoms with Crippen LogP contribution in [0.4, 0.5) is 0 Å². The molecule has 0 aliphatic heterocycles. The highest BCUT2D eigenvalue weighted by Gasteiger charge is 2.32. The first kappa shape index (κ1) is 12.2. The van der Waals surface area contributed by atoms with Crippen LogP contribution in [-0.4, -0.2) is 10.7 Å². The highest BCUT2D eigenvalue weighted by Crippen LogP contribution is 2.36. The number of aliphatic hydroxyl groups is 1. The van der Waals surface area contributed by atoms with Crippen molar-refractivity contribution in [2.75, 3.05) is 0 Å². The van der Waals surface area contributed by atoms with Crippen molar-refractivity contribution in [3.05, 3.63) is 35.9 Å². The minimum Gasteiger partial charge on any atom is -0.390 e. The minimum atomic E-state index is -0.419. The lowest BCUT2D eigenvalue weighted by molar-refractivity contribution is 0.0632. The van der Waals surface area contributed by atoms with Crippen LogP contribution in [0, 0.1) is 17.8 Å². The van der Waals surface area contributed by atoms with E-state index in [0.29, 0.717) is 5.92 Å². The first-order chi connectivity index (χ1) is 8.16. The summed E-state index contributed by atoms with van der Waals surface area (Å²) in [5.41, 5.74) is 0.670. The molecule has 1 heteroatoms. The van der Waals surface area contributed by atoms with E-state index in [1.807, 2.05) is 37.3 Å². The van der Waals surface area contributed by atoms with Crippen molar-refractivity contribution in [2.45, 2.75) is 44.6 Å². The topological polar surface area (TPSA) is 20.2 Å². The lowest BCUT2D eigenvalue weighted by Crippen LogP contribution is -2.18. The van der Waals surface area contributed by atoms with Gasteiger partial charge in [-0.15, -0.1) is 0 Å². The molecular formula is C16H20O. The standard InChI is InChI=1S/C16H20O/c1-16(17)12-11-15(13-16)10-6-5-9-14-7-3-2-4-8-14/h2-4,7-8,15,17H,6,10-13H2,1H3. The average molecular weight is 228 g/mol. The Balaban J connectivity index is 1.76. The van der Waals surface area contributed by atoms with Gasteiger partial charge in [-0.2, -0.15) is 0 Å². The second-order valence-electron chi connectivity index (χ2n) is 5.31. The summed E-state index contributed by atoms with van der Waals surface area (Å²) in [5, 5.41) is 9.86. The third-order valence-corrected chi connectivity index (χ3v) is 3.50. The van der Waals surface area contributed by atoms with Crippen molar-refractivity contribution in [3.63, 3.8) is 0 Å². The van der Waals surface area contributed by atoms with Crippen molar-refractivity contribution < 1.29 is 5.11 Å². The number of rotatable bonds is 2. The fourth-order valence-corrected chi connectivity index (χ4v) is 2.55. The van der Waals surface area contributed by atoms with Gasteiger partial charge in [0.1, 0.15) is 0 Å². The molecule has 0 heterocycles. The summed E-state index contributed by atoms with van der Waals surface area (Å²) in [5.74, 6) is 7.06. The van der Waals surface area contributed by atoms with E-state index < -0.39 is 5.60 Å². The smallest absolute Gasteiger partial charge is 0.0622 e. The van der Waals surface area contributed by atoms with E-state index in [2.05, 4.69) is 11.8 Å². The monoisotopic (exact) mass is 228 g/mol. The molecule has 2 atom stereocenters. The Morgan fingerprint density at radius 2 is 2.12 bits per heavy atom. The zero-order valence-corrected chi connectivity index (χ0v) is 10.4. The first-order valence-corrected chi connectivity index (χ1v) is 6.42. The Morgan fingerprint density at radius 3 is 2.76 bits per heavy atom. The van der Waals surface area contributed by atoms with E-state index in [1.165, 1.54) is 0 Å². The van der Waals surface area contributed by atoms with Crippen LogP contribution in [-0.2, 0) is 0 Å². The Bertz CT molecular complexity index is 408. The molecule has 90 valence electrons. The molecule has 1 aliphatic rings. The van der Waals surface area contributed by atoms with Crippen LogP contribution in [0.15, 0.2) is 30.3 Å². The molecular weight excluding hydrogens is 208 g/mol. The molecule has 0 spiro atoms. The Labute approximate surface area is 104 Å². The summed E-state index contributed by atoms with van der Waals surface area (Å²) in [6.45, 7) is 1.95. The van der Waals surface area contributed by atoms with Gasteiger partial charge in [0.05, 0.1) is 5.60 Å². The summed E-state index contributed by atoms with van der Waals surface area (Å²) < 4.78 is 0. The predicted molar refractivity (Wildman–Crippen MR) is 70.5 cm³/mol. The summed E-state index contributed by atoms with van der Waals surface area (Å²) in [7, 11) is 0. The van der Waals surface area contributed by atoms with Crippen molar-refractivity contribution in [3.8, 4) is 11.8 Å². The molecule has 1 aromatic rings. The molecule has 0 amide bonds. The van der Waals surface area contributed by atoms with Gasteiger partial charge in [-0.25, -0.2) is 0 Å². The lowest BCUT2D eigenvalue weighted by Gasteiger charge is -2.15. The van der Waals surface area contributed by atoms with Crippen LogP contribution < -0.4 is 0 Å². The molecule has 1 N–H and O–H groups in total. The quantitative estimate of drug-likeness (QED) is 0.769. The molecule has 1 aromatic carbocycles. The Hall–Kier alpha value is -1.26. The molecule has 2 rings (SSSR count). The van der Waals surface area contributed by atoms with Crippen molar-refractivity contribution in [2.24, 2.45) is 5.92 Å². The summed E-state index contributed by atoms with van der Waals surface area (Å²) in [6.07, 6.45) is 5.11. The van der Waals surface area contributed by atoms with E-state index in [9.17, 15) is 5.11 Å². The maximum absolute atomic E-state index is 9.86. The maximum atomic E-state index is 9.86. The van der Waals surface area contributed by atoms with E-state index in [4.69, 9.17) is 0 Å². The Kier molecular flexibility index (Phi) is 3.86. The average Bonchev–Trinajstić information content (AvgIpc) is 2.66. The fourth-order valence-electron chi connectivity index (χ4n) is 2.55. The van der Waals surface area contributed by atoms with Crippen molar-refractivity contribution in [1.29, 1.82) is 0 Å². The molecule has 0 radical (unpaired) electrons. The molecule has 0 aromatic heterocycles. The Morgan fingerprint density at radius 1 is 1.35 bits per heavy atom. The molecule has 17 heavy (non-hydrogen) atoms. The molecule has 1 aliphatic carbocycles. The number of hydrogen-bond donors (Lipinski definition) is 1. The van der Waals surface area contributed by atoms with Crippen LogP contribution in [0.3, 0.4) is 0 Å². The lowest BCUT2D eigenvalue weighted by atomic mass is 9.99. The molecule has 1 fully saturated rings. The SMILES string of the molecule is CC1(O)CCC(CCC#Cc2ccccc2)C1. The van der Waals surface area contributed by atoms with E-state index in [-0.39, 0.29) is 0 Å². The van der Waals surface area contributed by atoms with E-state index >= 15 is 0 Å². The fraction of sp³-hybridized carbons (Fsp3) is 0.500. The summed E-state index contributed by atoms with van der Waals surface area (Å²) >= 11 is 0. The zero-order valence-electron chi connectivity index (χ0n) is 10.4. The van der Waals surface area contributed by atoms with Gasteiger partial charge >= 0.3 is 0 Å². The molecule has 0 bridgehead atoms. The van der Waals surface area contributed by atoms with Gasteiger partial charge in [-0.3, -0.25) is 0 Å². The van der Waals surface area contributed by atoms with Crippen LogP contribution in [0.5, 0.6) is 0 Å². The van der Waals surface area contributed by atoms with Gasteiger partial charge < -0.3 is 5.11 Å². The van der Waals surface area contributed by atoms with Crippen molar-refractivity contribution in [1.82, 2.24) is 0 Å². The van der Waals surface area contributed by atoms with E-state index in [1.54, 1.807) is 0 Å². The second kappa shape index (κ2) is 5.38. The van der Waals surface area contributed by atoms with Gasteiger partial charge in [0.2, 0.25) is 0 Å². The first-order valence-electron chi connectivity index (χ1n) is 6.42. The highest BCUT2D eigenvalue weighted by atomic mass is 16.3. The number of hydrogen-bond acceptors (Lipinski definition) is 1. The predicted octanol–water partition coefficient (Wildman–Crippen LogP) is 3.37. The minimum absolute atomic E-state index is 0.419. The number of benzene rings is 1. The third kappa shape index (κ3) is 3.91. The van der Waals surface area contributed by atoms with Crippen LogP contribution in [0.1, 0.15) is 44.6 Å². The van der Waals surface area contributed by atoms with Gasteiger partial charge in [-0.05, 0) is 50.7 Å². The molecule has 0 saturated heterocycles. The third-order valence-electron chi connectivity index (χ3n) is 3.50. The largest absolute Gasteiger partial charge is 0.390 e. The maximum Gasteiger partial charge on any atom is 0.0622 e. The summed E-state index contributed by atoms with van der Waals surface area (Å²) in [4.78, 5) is 0. The van der Waals surface area contributed by atoms with Gasteiger partial charge in [0.25, 0.3) is 0 Å². The van der Waals surface area contributed by atoms with Crippen LogP contribution in [0.25, 0.3) is 0 Å². The van der Waals surface area contributed by atoms with E-state index in [0.717, 1.165) is 37.7 Å². The highest BCUT2D eigenvalue weighted by molar-refractivity contribution is 5.33. The normalized spacial score (nSPS) is 27.5. The van der Waals surface area contributed by atoms with Crippen LogP contribution in [0.2, 0.25) is 0 Å². The van der Waals surface area contributed by atoms with Crippen molar-refractivity contribution >= 4 is 0 Å². The van der Waals surface area contributed by atoms with Gasteiger partial charge in [-0.1, -0.05) is 30.0 Å². The molecule has 1 saturated carbocycles. The molecule has 1 nitrogen and oxygen atoms in total. The van der Waals surface area contributed by atoms with Crippen LogP contribution >= 0.6 is 0 Å². The summed E-state index contributed by atoms with van der Waals surface area (Å²) in [6, 6.07) is 10.1. The van der Waals surface area contributed by atoms with Gasteiger partial charge in [0.15, 0.2) is 0 Å². The second-order valence-corrected chi connectivity index (χ2v) is 5.31. The molecule has 2 unspecified atom stereocenters.